The van der Waals surface area contributed by atoms with E-state index in [1.54, 1.807) is 32.4 Å². The summed E-state index contributed by atoms with van der Waals surface area (Å²) < 4.78 is 17.3. The van der Waals surface area contributed by atoms with Gasteiger partial charge in [0.05, 0.1) is 13.7 Å². The molecule has 0 aliphatic carbocycles. The Hall–Kier alpha value is -0.980. The van der Waals surface area contributed by atoms with Crippen molar-refractivity contribution in [2.24, 2.45) is 0 Å². The summed E-state index contributed by atoms with van der Waals surface area (Å²) in [5.74, 6) is 1.26. The van der Waals surface area contributed by atoms with Gasteiger partial charge in [0.15, 0.2) is 11.5 Å². The fourth-order valence-electron chi connectivity index (χ4n) is 2.20. The first-order valence-electron chi connectivity index (χ1n) is 7.68. The fourth-order valence-corrected chi connectivity index (χ4v) is 3.17. The average molecular weight is 449 g/mol. The normalized spacial score (nSPS) is 10.8. The molecule has 0 fully saturated rings. The minimum atomic E-state index is 0.257. The summed E-state index contributed by atoms with van der Waals surface area (Å²) in [4.78, 5) is 0. The number of halogens is 3. The molecule has 0 radical (unpaired) electrons. The summed E-state index contributed by atoms with van der Waals surface area (Å²) in [6, 6.07) is 9.20. The molecule has 2 aromatic carbocycles. The molecule has 7 heteroatoms. The number of hydrogen-bond acceptors (Lipinski definition) is 4. The lowest BCUT2D eigenvalue weighted by atomic mass is 10.2. The molecular weight excluding hydrogens is 429 g/mol. The summed E-state index contributed by atoms with van der Waals surface area (Å²) >= 11 is 15.9. The molecule has 0 atom stereocenters. The van der Waals surface area contributed by atoms with Crippen LogP contribution in [0.15, 0.2) is 34.8 Å². The first kappa shape index (κ1) is 20.3. The number of benzene rings is 2. The summed E-state index contributed by atoms with van der Waals surface area (Å²) in [5.41, 5.74) is 1.81. The Bertz CT molecular complexity index is 693. The van der Waals surface area contributed by atoms with Crippen molar-refractivity contribution in [1.29, 1.82) is 0 Å². The van der Waals surface area contributed by atoms with Crippen molar-refractivity contribution in [2.75, 3.05) is 27.4 Å². The molecule has 0 unspecified atom stereocenters. The van der Waals surface area contributed by atoms with E-state index >= 15 is 0 Å². The highest BCUT2D eigenvalue weighted by molar-refractivity contribution is 9.10. The predicted octanol–water partition coefficient (Wildman–Crippen LogP) is 5.08. The molecule has 0 amide bonds. The number of rotatable bonds is 9. The minimum Gasteiger partial charge on any atom is -0.493 e. The summed E-state index contributed by atoms with van der Waals surface area (Å²) in [7, 11) is 3.29. The van der Waals surface area contributed by atoms with Crippen LogP contribution in [0.1, 0.15) is 11.1 Å². The van der Waals surface area contributed by atoms with E-state index in [4.69, 9.17) is 37.4 Å². The van der Waals surface area contributed by atoms with Crippen molar-refractivity contribution < 1.29 is 14.2 Å². The van der Waals surface area contributed by atoms with Crippen LogP contribution in [-0.4, -0.2) is 27.4 Å². The van der Waals surface area contributed by atoms with E-state index in [0.29, 0.717) is 34.7 Å². The van der Waals surface area contributed by atoms with Crippen LogP contribution < -0.4 is 14.8 Å². The van der Waals surface area contributed by atoms with Crippen LogP contribution in [0.3, 0.4) is 0 Å². The third-order valence-corrected chi connectivity index (χ3v) is 5.01. The van der Waals surface area contributed by atoms with Crippen molar-refractivity contribution in [3.63, 3.8) is 0 Å². The summed E-state index contributed by atoms with van der Waals surface area (Å²) in [6.45, 7) is 2.38. The van der Waals surface area contributed by atoms with E-state index in [0.717, 1.165) is 22.1 Å². The maximum Gasteiger partial charge on any atom is 0.162 e. The van der Waals surface area contributed by atoms with Crippen LogP contribution in [0, 0.1) is 0 Å². The van der Waals surface area contributed by atoms with Crippen molar-refractivity contribution in [3.05, 3.63) is 56.0 Å². The van der Waals surface area contributed by atoms with Crippen molar-refractivity contribution in [3.8, 4) is 11.5 Å². The van der Waals surface area contributed by atoms with Crippen molar-refractivity contribution in [2.45, 2.75) is 13.2 Å². The van der Waals surface area contributed by atoms with E-state index < -0.39 is 0 Å². The van der Waals surface area contributed by atoms with Crippen molar-refractivity contribution >= 4 is 39.1 Å². The van der Waals surface area contributed by atoms with Gasteiger partial charge in [-0.25, -0.2) is 0 Å². The summed E-state index contributed by atoms with van der Waals surface area (Å²) in [6.07, 6.45) is 0. The quantitative estimate of drug-likeness (QED) is 0.543. The van der Waals surface area contributed by atoms with E-state index in [9.17, 15) is 0 Å². The highest BCUT2D eigenvalue weighted by atomic mass is 79.9. The van der Waals surface area contributed by atoms with Gasteiger partial charge < -0.3 is 19.5 Å². The lowest BCUT2D eigenvalue weighted by Gasteiger charge is -2.15. The van der Waals surface area contributed by atoms with Crippen LogP contribution >= 0.6 is 39.1 Å². The van der Waals surface area contributed by atoms with E-state index in [-0.39, 0.29) is 6.61 Å². The highest BCUT2D eigenvalue weighted by Crippen LogP contribution is 2.35. The molecule has 0 aliphatic heterocycles. The van der Waals surface area contributed by atoms with Gasteiger partial charge in [0.1, 0.15) is 6.61 Å². The van der Waals surface area contributed by atoms with Crippen LogP contribution in [0.25, 0.3) is 0 Å². The predicted molar refractivity (Wildman–Crippen MR) is 105 cm³/mol. The largest absolute Gasteiger partial charge is 0.493 e. The van der Waals surface area contributed by atoms with Gasteiger partial charge in [0.2, 0.25) is 0 Å². The van der Waals surface area contributed by atoms with Gasteiger partial charge in [-0.1, -0.05) is 45.2 Å². The van der Waals surface area contributed by atoms with Crippen LogP contribution in [0.5, 0.6) is 11.5 Å². The number of nitrogens with one attached hydrogen (secondary N) is 1. The zero-order valence-electron chi connectivity index (χ0n) is 14.1. The van der Waals surface area contributed by atoms with Crippen LogP contribution in [-0.2, 0) is 17.9 Å². The molecule has 2 rings (SSSR count). The molecule has 0 aliphatic rings. The molecule has 0 spiro atoms. The zero-order chi connectivity index (χ0) is 18.2. The molecule has 136 valence electrons. The Balaban J connectivity index is 2.11. The topological polar surface area (TPSA) is 39.7 Å². The SMILES string of the molecule is COCCNCc1cc(OC)c(OCc2c(Cl)cccc2Cl)cc1Br. The monoisotopic (exact) mass is 447 g/mol. The van der Waals surface area contributed by atoms with E-state index in [1.807, 2.05) is 12.1 Å². The maximum absolute atomic E-state index is 6.19. The van der Waals surface area contributed by atoms with Gasteiger partial charge >= 0.3 is 0 Å². The third kappa shape index (κ3) is 5.76. The molecule has 1 N–H and O–H groups in total. The molecule has 0 bridgehead atoms. The Morgan fingerprint density at radius 2 is 1.80 bits per heavy atom. The van der Waals surface area contributed by atoms with Gasteiger partial charge in [0, 0.05) is 40.3 Å². The lowest BCUT2D eigenvalue weighted by molar-refractivity contribution is 0.199. The zero-order valence-corrected chi connectivity index (χ0v) is 17.2. The fraction of sp³-hybridized carbons (Fsp3) is 0.333. The van der Waals surface area contributed by atoms with Gasteiger partial charge in [-0.15, -0.1) is 0 Å². The molecule has 2 aromatic rings. The Labute approximate surface area is 166 Å². The van der Waals surface area contributed by atoms with Gasteiger partial charge in [-0.3, -0.25) is 0 Å². The summed E-state index contributed by atoms with van der Waals surface area (Å²) in [5, 5.41) is 4.45. The average Bonchev–Trinajstić information content (AvgIpc) is 2.59. The Morgan fingerprint density at radius 3 is 2.44 bits per heavy atom. The van der Waals surface area contributed by atoms with Crippen molar-refractivity contribution in [1.82, 2.24) is 5.32 Å². The standard InChI is InChI=1S/C18H20BrCl2NO3/c1-23-7-6-22-10-12-8-17(24-2)18(9-14(12)19)25-11-13-15(20)4-3-5-16(13)21/h3-5,8-9,22H,6-7,10-11H2,1-2H3. The first-order valence-corrected chi connectivity index (χ1v) is 9.23. The first-order chi connectivity index (χ1) is 12.1. The maximum atomic E-state index is 6.19. The molecule has 0 aromatic heterocycles. The molecule has 0 heterocycles. The molecule has 0 saturated heterocycles. The third-order valence-electron chi connectivity index (χ3n) is 3.56. The van der Waals surface area contributed by atoms with E-state index in [1.165, 1.54) is 0 Å². The molecule has 0 saturated carbocycles. The second-order valence-corrected chi connectivity index (χ2v) is 6.92. The molecule has 4 nitrogen and oxygen atoms in total. The van der Waals surface area contributed by atoms with Crippen LogP contribution in [0.4, 0.5) is 0 Å². The molecule has 25 heavy (non-hydrogen) atoms. The molecular formula is C18H20BrCl2NO3. The number of methoxy groups -OCH3 is 2. The number of hydrogen-bond donors (Lipinski definition) is 1. The van der Waals surface area contributed by atoms with Gasteiger partial charge in [0.25, 0.3) is 0 Å². The Kier molecular flexibility index (Phi) is 8.33. The second-order valence-electron chi connectivity index (χ2n) is 5.25. The Morgan fingerprint density at radius 1 is 1.08 bits per heavy atom. The minimum absolute atomic E-state index is 0.257. The van der Waals surface area contributed by atoms with Gasteiger partial charge in [-0.05, 0) is 29.8 Å². The van der Waals surface area contributed by atoms with Gasteiger partial charge in [-0.2, -0.15) is 0 Å². The highest BCUT2D eigenvalue weighted by Gasteiger charge is 2.12. The smallest absolute Gasteiger partial charge is 0.162 e. The van der Waals surface area contributed by atoms with Crippen LogP contribution in [0.2, 0.25) is 10.0 Å². The lowest BCUT2D eigenvalue weighted by Crippen LogP contribution is -2.18. The number of ether oxygens (including phenoxy) is 3. The second kappa shape index (κ2) is 10.2. The van der Waals surface area contributed by atoms with E-state index in [2.05, 4.69) is 21.2 Å².